The Kier molecular flexibility index (Phi) is 6.62. The van der Waals surface area contributed by atoms with Crippen molar-refractivity contribution in [1.29, 1.82) is 0 Å². The highest BCUT2D eigenvalue weighted by Gasteiger charge is 2.32. The molecule has 2 aromatic rings. The molecule has 2 fully saturated rings. The van der Waals surface area contributed by atoms with Crippen molar-refractivity contribution >= 4 is 27.5 Å². The minimum absolute atomic E-state index is 0.0555. The zero-order valence-corrected chi connectivity index (χ0v) is 19.1. The molecule has 0 atom stereocenters. The Morgan fingerprint density at radius 1 is 1.06 bits per heavy atom. The fourth-order valence-corrected chi connectivity index (χ4v) is 5.78. The molecule has 8 heteroatoms. The van der Waals surface area contributed by atoms with Crippen molar-refractivity contribution in [2.75, 3.05) is 24.5 Å². The van der Waals surface area contributed by atoms with E-state index in [1.807, 2.05) is 31.2 Å². The average Bonchev–Trinajstić information content (AvgIpc) is 3.24. The van der Waals surface area contributed by atoms with Crippen molar-refractivity contribution in [1.82, 2.24) is 9.62 Å². The first kappa shape index (κ1) is 22.5. The van der Waals surface area contributed by atoms with E-state index < -0.39 is 10.0 Å². The van der Waals surface area contributed by atoms with Gasteiger partial charge in [0.2, 0.25) is 21.8 Å². The van der Waals surface area contributed by atoms with Crippen LogP contribution in [0.15, 0.2) is 53.4 Å². The molecule has 7 nitrogen and oxygen atoms in total. The molecule has 0 unspecified atom stereocenters. The van der Waals surface area contributed by atoms with E-state index >= 15 is 0 Å². The largest absolute Gasteiger partial charge is 0.352 e. The first-order valence-electron chi connectivity index (χ1n) is 11.1. The molecule has 0 aromatic heterocycles. The maximum atomic E-state index is 12.8. The number of piperidine rings is 1. The SMILES string of the molecule is Cc1ccc(S(=O)(=O)N2CCC(C(=O)NCc3cccc(N4CCCC4=O)c3)CC2)cc1. The van der Waals surface area contributed by atoms with Crippen LogP contribution in [0.4, 0.5) is 5.69 Å². The van der Waals surface area contributed by atoms with E-state index in [9.17, 15) is 18.0 Å². The maximum Gasteiger partial charge on any atom is 0.243 e. The van der Waals surface area contributed by atoms with Gasteiger partial charge in [-0.3, -0.25) is 9.59 Å². The van der Waals surface area contributed by atoms with Gasteiger partial charge < -0.3 is 10.2 Å². The number of rotatable bonds is 6. The number of sulfonamides is 1. The second-order valence-electron chi connectivity index (χ2n) is 8.53. The highest BCUT2D eigenvalue weighted by molar-refractivity contribution is 7.89. The fourth-order valence-electron chi connectivity index (χ4n) is 4.31. The smallest absolute Gasteiger partial charge is 0.243 e. The van der Waals surface area contributed by atoms with Gasteiger partial charge in [-0.1, -0.05) is 29.8 Å². The lowest BCUT2D eigenvalue weighted by Gasteiger charge is -2.30. The number of hydrogen-bond donors (Lipinski definition) is 1. The maximum absolute atomic E-state index is 12.8. The van der Waals surface area contributed by atoms with Crippen LogP contribution >= 0.6 is 0 Å². The molecule has 4 rings (SSSR count). The molecule has 0 saturated carbocycles. The molecule has 2 amide bonds. The molecule has 0 spiro atoms. The Bertz CT molecular complexity index is 1090. The third kappa shape index (κ3) is 4.86. The summed E-state index contributed by atoms with van der Waals surface area (Å²) in [6.07, 6.45) is 2.45. The van der Waals surface area contributed by atoms with E-state index in [1.165, 1.54) is 4.31 Å². The summed E-state index contributed by atoms with van der Waals surface area (Å²) >= 11 is 0. The van der Waals surface area contributed by atoms with Gasteiger partial charge in [-0.05, 0) is 56.0 Å². The minimum Gasteiger partial charge on any atom is -0.352 e. The van der Waals surface area contributed by atoms with Gasteiger partial charge in [0, 0.05) is 44.2 Å². The number of nitrogens with zero attached hydrogens (tertiary/aromatic N) is 2. The quantitative estimate of drug-likeness (QED) is 0.726. The summed E-state index contributed by atoms with van der Waals surface area (Å²) in [5.74, 6) is -0.124. The van der Waals surface area contributed by atoms with E-state index in [-0.39, 0.29) is 17.7 Å². The van der Waals surface area contributed by atoms with Crippen LogP contribution in [0.5, 0.6) is 0 Å². The average molecular weight is 456 g/mol. The number of nitrogens with one attached hydrogen (secondary N) is 1. The molecule has 0 radical (unpaired) electrons. The van der Waals surface area contributed by atoms with Crippen LogP contribution in [0, 0.1) is 12.8 Å². The van der Waals surface area contributed by atoms with Crippen LogP contribution in [0.1, 0.15) is 36.8 Å². The van der Waals surface area contributed by atoms with E-state index in [0.717, 1.165) is 29.8 Å². The standard InChI is InChI=1S/C24H29N3O4S/c1-18-7-9-22(10-8-18)32(30,31)26-14-11-20(12-15-26)24(29)25-17-19-4-2-5-21(16-19)27-13-3-6-23(27)28/h2,4-5,7-10,16,20H,3,6,11-15,17H2,1H3,(H,25,29). The molecule has 170 valence electrons. The van der Waals surface area contributed by atoms with Crippen molar-refractivity contribution in [3.05, 3.63) is 59.7 Å². The Morgan fingerprint density at radius 2 is 1.78 bits per heavy atom. The molecular weight excluding hydrogens is 426 g/mol. The molecule has 2 aliphatic heterocycles. The van der Waals surface area contributed by atoms with Gasteiger partial charge in [-0.15, -0.1) is 0 Å². The highest BCUT2D eigenvalue weighted by atomic mass is 32.2. The number of carbonyl (C=O) groups excluding carboxylic acids is 2. The molecule has 0 bridgehead atoms. The number of aryl methyl sites for hydroxylation is 1. The molecule has 0 aliphatic carbocycles. The van der Waals surface area contributed by atoms with Gasteiger partial charge in [-0.25, -0.2) is 8.42 Å². The van der Waals surface area contributed by atoms with Gasteiger partial charge in [0.05, 0.1) is 4.90 Å². The summed E-state index contributed by atoms with van der Waals surface area (Å²) in [5.41, 5.74) is 2.82. The van der Waals surface area contributed by atoms with Crippen molar-refractivity contribution < 1.29 is 18.0 Å². The van der Waals surface area contributed by atoms with Gasteiger partial charge in [0.15, 0.2) is 0 Å². The number of benzene rings is 2. The topological polar surface area (TPSA) is 86.8 Å². The Balaban J connectivity index is 1.30. The Morgan fingerprint density at radius 3 is 2.44 bits per heavy atom. The van der Waals surface area contributed by atoms with E-state index in [0.29, 0.717) is 43.8 Å². The van der Waals surface area contributed by atoms with Crippen LogP contribution in [0.25, 0.3) is 0 Å². The predicted octanol–water partition coefficient (Wildman–Crippen LogP) is 2.84. The van der Waals surface area contributed by atoms with Crippen molar-refractivity contribution in [2.45, 2.75) is 44.0 Å². The molecule has 1 N–H and O–H groups in total. The molecule has 2 aliphatic rings. The summed E-state index contributed by atoms with van der Waals surface area (Å²) in [6.45, 7) is 3.71. The number of amides is 2. The van der Waals surface area contributed by atoms with Crippen molar-refractivity contribution in [3.8, 4) is 0 Å². The zero-order valence-electron chi connectivity index (χ0n) is 18.3. The zero-order chi connectivity index (χ0) is 22.7. The summed E-state index contributed by atoms with van der Waals surface area (Å²) in [6, 6.07) is 14.5. The minimum atomic E-state index is -3.53. The Hall–Kier alpha value is -2.71. The van der Waals surface area contributed by atoms with Crippen LogP contribution in [-0.2, 0) is 26.2 Å². The van der Waals surface area contributed by atoms with Gasteiger partial charge in [0.1, 0.15) is 0 Å². The third-order valence-electron chi connectivity index (χ3n) is 6.25. The van der Waals surface area contributed by atoms with Gasteiger partial charge >= 0.3 is 0 Å². The fraction of sp³-hybridized carbons (Fsp3) is 0.417. The molecule has 2 saturated heterocycles. The second kappa shape index (κ2) is 9.42. The number of anilines is 1. The Labute approximate surface area is 189 Å². The van der Waals surface area contributed by atoms with Crippen molar-refractivity contribution in [2.24, 2.45) is 5.92 Å². The second-order valence-corrected chi connectivity index (χ2v) is 10.5. The number of carbonyl (C=O) groups is 2. The molecule has 32 heavy (non-hydrogen) atoms. The van der Waals surface area contributed by atoms with Crippen LogP contribution < -0.4 is 10.2 Å². The molecule has 2 heterocycles. The lowest BCUT2D eigenvalue weighted by Crippen LogP contribution is -2.42. The van der Waals surface area contributed by atoms with E-state index in [4.69, 9.17) is 0 Å². The molecule has 2 aromatic carbocycles. The van der Waals surface area contributed by atoms with E-state index in [1.54, 1.807) is 29.2 Å². The summed E-state index contributed by atoms with van der Waals surface area (Å²) < 4.78 is 27.2. The van der Waals surface area contributed by atoms with E-state index in [2.05, 4.69) is 5.32 Å². The van der Waals surface area contributed by atoms with Gasteiger partial charge in [0.25, 0.3) is 0 Å². The monoisotopic (exact) mass is 455 g/mol. The van der Waals surface area contributed by atoms with Crippen molar-refractivity contribution in [3.63, 3.8) is 0 Å². The third-order valence-corrected chi connectivity index (χ3v) is 8.16. The van der Waals surface area contributed by atoms with Crippen LogP contribution in [0.3, 0.4) is 0 Å². The van der Waals surface area contributed by atoms with Crippen LogP contribution in [0.2, 0.25) is 0 Å². The molecular formula is C24H29N3O4S. The predicted molar refractivity (Wildman–Crippen MR) is 123 cm³/mol. The highest BCUT2D eigenvalue weighted by Crippen LogP contribution is 2.25. The number of hydrogen-bond acceptors (Lipinski definition) is 4. The van der Waals surface area contributed by atoms with Gasteiger partial charge in [-0.2, -0.15) is 4.31 Å². The first-order chi connectivity index (χ1) is 15.3. The summed E-state index contributed by atoms with van der Waals surface area (Å²) in [4.78, 5) is 26.7. The first-order valence-corrected chi connectivity index (χ1v) is 12.5. The van der Waals surface area contributed by atoms with Crippen LogP contribution in [-0.4, -0.2) is 44.2 Å². The normalized spacial score (nSPS) is 18.2. The summed E-state index contributed by atoms with van der Waals surface area (Å²) in [7, 11) is -3.53. The lowest BCUT2D eigenvalue weighted by molar-refractivity contribution is -0.126. The summed E-state index contributed by atoms with van der Waals surface area (Å²) in [5, 5.41) is 2.98. The lowest BCUT2D eigenvalue weighted by atomic mass is 9.97.